The van der Waals surface area contributed by atoms with Crippen molar-refractivity contribution in [3.05, 3.63) is 11.6 Å². The number of carbonyl (C=O) groups excluding carboxylic acids is 2. The zero-order valence-electron chi connectivity index (χ0n) is 18.2. The van der Waals surface area contributed by atoms with Gasteiger partial charge >= 0.3 is 0 Å². The summed E-state index contributed by atoms with van der Waals surface area (Å²) in [5.74, 6) is -1.71. The summed E-state index contributed by atoms with van der Waals surface area (Å²) in [7, 11) is -3.87. The molecule has 0 amide bonds. The summed E-state index contributed by atoms with van der Waals surface area (Å²) in [5.41, 5.74) is -5.18. The van der Waals surface area contributed by atoms with Crippen molar-refractivity contribution in [2.75, 3.05) is 12.9 Å². The molecule has 9 heteroatoms. The van der Waals surface area contributed by atoms with Crippen LogP contribution in [0.4, 0.5) is 4.39 Å². The van der Waals surface area contributed by atoms with Crippen LogP contribution in [-0.4, -0.2) is 60.4 Å². The molecule has 174 valence electrons. The number of carbonyl (C=O) groups is 2. The first-order valence-electron chi connectivity index (χ1n) is 10.9. The lowest BCUT2D eigenvalue weighted by molar-refractivity contribution is -0.226. The Balaban J connectivity index is 1.70. The molecule has 2 N–H and O–H groups in total. The predicted molar refractivity (Wildman–Crippen MR) is 109 cm³/mol. The smallest absolute Gasteiger partial charge is 0.264 e. The first kappa shape index (κ1) is 23.0. The van der Waals surface area contributed by atoms with Crippen molar-refractivity contribution < 1.29 is 36.8 Å². The average Bonchev–Trinajstić information content (AvgIpc) is 2.93. The van der Waals surface area contributed by atoms with Crippen LogP contribution in [0.3, 0.4) is 0 Å². The Kier molecular flexibility index (Phi) is 5.14. The fourth-order valence-corrected chi connectivity index (χ4v) is 7.63. The number of halogens is 1. The normalized spacial score (nSPS) is 47.2. The Morgan fingerprint density at radius 1 is 1.23 bits per heavy atom. The molecule has 0 aliphatic heterocycles. The van der Waals surface area contributed by atoms with E-state index in [1.165, 1.54) is 0 Å². The number of alkyl halides is 1. The van der Waals surface area contributed by atoms with Crippen LogP contribution in [0.1, 0.15) is 58.8 Å². The maximum Gasteiger partial charge on any atom is 0.264 e. The number of ketones is 2. The lowest BCUT2D eigenvalue weighted by Gasteiger charge is -2.63. The zero-order valence-corrected chi connectivity index (χ0v) is 19.0. The van der Waals surface area contributed by atoms with Crippen molar-refractivity contribution in [2.24, 2.45) is 22.7 Å². The number of Topliss-reactive ketones (excluding diaryl/α,β-unsaturated/α-hetero) is 1. The number of aliphatic hydroxyl groups excluding tert-OH is 1. The third kappa shape index (κ3) is 3.03. The molecule has 0 saturated heterocycles. The van der Waals surface area contributed by atoms with Crippen molar-refractivity contribution in [1.29, 1.82) is 0 Å². The van der Waals surface area contributed by atoms with Gasteiger partial charge in [0.25, 0.3) is 10.1 Å². The summed E-state index contributed by atoms with van der Waals surface area (Å²) < 4.78 is 44.2. The van der Waals surface area contributed by atoms with E-state index in [-0.39, 0.29) is 31.0 Å². The molecule has 7 atom stereocenters. The van der Waals surface area contributed by atoms with Crippen LogP contribution < -0.4 is 0 Å². The molecule has 0 aromatic rings. The maximum absolute atomic E-state index is 17.0. The highest BCUT2D eigenvalue weighted by molar-refractivity contribution is 7.86. The monoisotopic (exact) mass is 458 g/mol. The largest absolute Gasteiger partial charge is 0.390 e. The van der Waals surface area contributed by atoms with Crippen LogP contribution in [0.5, 0.6) is 0 Å². The topological polar surface area (TPSA) is 118 Å². The number of hydrogen-bond donors (Lipinski definition) is 2. The van der Waals surface area contributed by atoms with Crippen molar-refractivity contribution in [1.82, 2.24) is 0 Å². The van der Waals surface area contributed by atoms with E-state index >= 15 is 4.39 Å². The van der Waals surface area contributed by atoms with Crippen LogP contribution in [0.25, 0.3) is 0 Å². The molecule has 0 radical (unpaired) electrons. The standard InChI is InChI=1S/C22H31FO7S/c1-19-8-6-14(24)10-13(19)4-5-16-15-7-9-21(27,18(26)12-30-31(3,28)29)20(15,2)11-17(25)22(16,19)23/h10,15-17,25,27H,4-9,11-12H2,1-3H3/t15-,16-,17-,19-,20-,21-,22-/m0/s1. The van der Waals surface area contributed by atoms with Gasteiger partial charge in [0.15, 0.2) is 11.6 Å². The minimum Gasteiger partial charge on any atom is -0.390 e. The van der Waals surface area contributed by atoms with Crippen LogP contribution >= 0.6 is 0 Å². The molecular formula is C22H31FO7S. The van der Waals surface area contributed by atoms with Gasteiger partial charge in [-0.15, -0.1) is 0 Å². The summed E-state index contributed by atoms with van der Waals surface area (Å²) in [6.45, 7) is 2.70. The highest BCUT2D eigenvalue weighted by atomic mass is 32.2. The van der Waals surface area contributed by atoms with E-state index in [4.69, 9.17) is 0 Å². The number of aliphatic hydroxyl groups is 2. The summed E-state index contributed by atoms with van der Waals surface area (Å²) in [6, 6.07) is 0. The second-order valence-corrected chi connectivity index (χ2v) is 12.1. The molecule has 31 heavy (non-hydrogen) atoms. The molecule has 4 aliphatic rings. The SMILES string of the molecule is C[C@]12CCC(=O)C=C1CC[C@H]1[C@@H]3CC[C@](O)(C(=O)COS(C)(=O)=O)[C@@]3(C)C[C@H](O)[C@@]12F. The van der Waals surface area contributed by atoms with Gasteiger partial charge in [-0.2, -0.15) is 8.42 Å². The minimum atomic E-state index is -3.87. The number of fused-ring (bicyclic) bond motifs is 5. The maximum atomic E-state index is 17.0. The van der Waals surface area contributed by atoms with Crippen molar-refractivity contribution >= 4 is 21.7 Å². The fourth-order valence-electron chi connectivity index (χ4n) is 7.31. The zero-order chi connectivity index (χ0) is 23.0. The van der Waals surface area contributed by atoms with Gasteiger partial charge in [-0.05, 0) is 50.5 Å². The summed E-state index contributed by atoms with van der Waals surface area (Å²) in [5, 5.41) is 22.6. The second-order valence-electron chi connectivity index (χ2n) is 10.4. The van der Waals surface area contributed by atoms with E-state index in [0.29, 0.717) is 25.7 Å². The van der Waals surface area contributed by atoms with Gasteiger partial charge in [-0.1, -0.05) is 19.4 Å². The Morgan fingerprint density at radius 2 is 1.90 bits per heavy atom. The highest BCUT2D eigenvalue weighted by Crippen LogP contribution is 2.70. The fraction of sp³-hybridized carbons (Fsp3) is 0.818. The van der Waals surface area contributed by atoms with Crippen molar-refractivity contribution in [3.63, 3.8) is 0 Å². The van der Waals surface area contributed by atoms with Gasteiger partial charge in [0, 0.05) is 23.2 Å². The van der Waals surface area contributed by atoms with E-state index in [2.05, 4.69) is 4.18 Å². The van der Waals surface area contributed by atoms with E-state index in [1.54, 1.807) is 19.9 Å². The van der Waals surface area contributed by atoms with E-state index in [1.807, 2.05) is 0 Å². The minimum absolute atomic E-state index is 0.0172. The molecule has 0 heterocycles. The molecule has 0 aromatic heterocycles. The van der Waals surface area contributed by atoms with Crippen molar-refractivity contribution in [3.8, 4) is 0 Å². The molecule has 0 bridgehead atoms. The van der Waals surface area contributed by atoms with Crippen LogP contribution in [-0.2, 0) is 23.9 Å². The van der Waals surface area contributed by atoms with Gasteiger partial charge in [0.1, 0.15) is 17.9 Å². The van der Waals surface area contributed by atoms with Gasteiger partial charge in [0.05, 0.1) is 12.4 Å². The Labute approximate surface area is 182 Å². The number of allylic oxidation sites excluding steroid dienone is 1. The molecule has 0 unspecified atom stereocenters. The lowest BCUT2D eigenvalue weighted by atomic mass is 9.44. The molecule has 3 saturated carbocycles. The summed E-state index contributed by atoms with van der Waals surface area (Å²) in [4.78, 5) is 24.8. The van der Waals surface area contributed by atoms with Crippen molar-refractivity contribution in [2.45, 2.75) is 76.2 Å². The van der Waals surface area contributed by atoms with Crippen LogP contribution in [0, 0.1) is 22.7 Å². The highest BCUT2D eigenvalue weighted by Gasteiger charge is 2.74. The Hall–Kier alpha value is -1.16. The molecule has 3 fully saturated rings. The average molecular weight is 459 g/mol. The molecule has 0 aromatic carbocycles. The van der Waals surface area contributed by atoms with Gasteiger partial charge < -0.3 is 10.2 Å². The Bertz CT molecular complexity index is 961. The third-order valence-electron chi connectivity index (χ3n) is 9.06. The first-order chi connectivity index (χ1) is 14.2. The van der Waals surface area contributed by atoms with E-state index < -0.39 is 56.6 Å². The van der Waals surface area contributed by atoms with Gasteiger partial charge in [-0.3, -0.25) is 13.8 Å². The molecule has 4 aliphatic carbocycles. The Morgan fingerprint density at radius 3 is 2.55 bits per heavy atom. The second kappa shape index (κ2) is 6.92. The molecule has 0 spiro atoms. The number of hydrogen-bond acceptors (Lipinski definition) is 7. The first-order valence-corrected chi connectivity index (χ1v) is 12.7. The van der Waals surface area contributed by atoms with Gasteiger partial charge in [0.2, 0.25) is 0 Å². The molecule has 4 rings (SSSR count). The van der Waals surface area contributed by atoms with E-state index in [0.717, 1.165) is 11.8 Å². The van der Waals surface area contributed by atoms with E-state index in [9.17, 15) is 28.2 Å². The summed E-state index contributed by atoms with van der Waals surface area (Å²) >= 11 is 0. The predicted octanol–water partition coefficient (Wildman–Crippen LogP) is 1.86. The van der Waals surface area contributed by atoms with Gasteiger partial charge in [-0.25, -0.2) is 4.39 Å². The lowest BCUT2D eigenvalue weighted by Crippen LogP contribution is -2.69. The number of rotatable bonds is 4. The third-order valence-corrected chi connectivity index (χ3v) is 9.61. The van der Waals surface area contributed by atoms with Crippen LogP contribution in [0.15, 0.2) is 11.6 Å². The summed E-state index contributed by atoms with van der Waals surface area (Å²) in [6.07, 6.45) is 2.82. The molecule has 7 nitrogen and oxygen atoms in total. The quantitative estimate of drug-likeness (QED) is 0.618. The molecular weight excluding hydrogens is 427 g/mol. The van der Waals surface area contributed by atoms with Crippen LogP contribution in [0.2, 0.25) is 0 Å².